The van der Waals surface area contributed by atoms with Crippen LogP contribution in [0.2, 0.25) is 0 Å². The lowest BCUT2D eigenvalue weighted by atomic mass is 10.1. The van der Waals surface area contributed by atoms with Crippen LogP contribution in [0.25, 0.3) is 6.08 Å². The van der Waals surface area contributed by atoms with Crippen LogP contribution >= 0.6 is 0 Å². The summed E-state index contributed by atoms with van der Waals surface area (Å²) in [5, 5.41) is 8.60. The topological polar surface area (TPSA) is 55.8 Å². The van der Waals surface area contributed by atoms with E-state index in [1.54, 1.807) is 19.3 Å². The maximum atomic E-state index is 10.5. The van der Waals surface area contributed by atoms with E-state index in [0.29, 0.717) is 18.1 Å². The number of carboxylic acids is 1. The molecule has 1 rings (SSSR count). The number of carbonyl (C=O) groups is 1. The highest BCUT2D eigenvalue weighted by molar-refractivity contribution is 5.85. The van der Waals surface area contributed by atoms with Crippen LogP contribution in [0.15, 0.2) is 18.2 Å². The summed E-state index contributed by atoms with van der Waals surface area (Å²) in [5.41, 5.74) is 1.74. The fraction of sp³-hybridized carbons (Fsp3) is 0.308. The zero-order valence-corrected chi connectivity index (χ0v) is 10.2. The molecule has 1 aromatic carbocycles. The van der Waals surface area contributed by atoms with Crippen molar-refractivity contribution in [1.82, 2.24) is 0 Å². The van der Waals surface area contributed by atoms with Crippen molar-refractivity contribution >= 4 is 12.0 Å². The van der Waals surface area contributed by atoms with E-state index in [9.17, 15) is 4.79 Å². The van der Waals surface area contributed by atoms with Gasteiger partial charge in [-0.2, -0.15) is 0 Å². The van der Waals surface area contributed by atoms with Gasteiger partial charge < -0.3 is 14.6 Å². The third-order valence-electron chi connectivity index (χ3n) is 2.26. The average Bonchev–Trinajstić information content (AvgIpc) is 2.29. The summed E-state index contributed by atoms with van der Waals surface area (Å²) in [6.07, 6.45) is 2.64. The molecule has 0 aliphatic rings. The van der Waals surface area contributed by atoms with Gasteiger partial charge in [0.25, 0.3) is 0 Å². The number of aliphatic carboxylic acids is 1. The zero-order valence-electron chi connectivity index (χ0n) is 10.2. The van der Waals surface area contributed by atoms with Gasteiger partial charge in [-0.15, -0.1) is 0 Å². The minimum absolute atomic E-state index is 0.529. The summed E-state index contributed by atoms with van der Waals surface area (Å²) in [4.78, 5) is 10.5. The van der Waals surface area contributed by atoms with Crippen molar-refractivity contribution < 1.29 is 19.4 Å². The van der Waals surface area contributed by atoms with E-state index < -0.39 is 5.97 Å². The van der Waals surface area contributed by atoms with Crippen LogP contribution in [0.4, 0.5) is 0 Å². The molecule has 0 aliphatic carbocycles. The van der Waals surface area contributed by atoms with Crippen LogP contribution in [0.1, 0.15) is 18.1 Å². The van der Waals surface area contributed by atoms with Crippen LogP contribution < -0.4 is 9.47 Å². The third kappa shape index (κ3) is 3.52. The Labute approximate surface area is 100 Å². The van der Waals surface area contributed by atoms with E-state index in [0.717, 1.165) is 17.2 Å². The Morgan fingerprint density at radius 3 is 2.65 bits per heavy atom. The number of aryl methyl sites for hydroxylation is 1. The molecule has 0 bridgehead atoms. The maximum absolute atomic E-state index is 10.5. The van der Waals surface area contributed by atoms with E-state index in [4.69, 9.17) is 14.6 Å². The number of methoxy groups -OCH3 is 1. The van der Waals surface area contributed by atoms with Crippen molar-refractivity contribution in [1.29, 1.82) is 0 Å². The van der Waals surface area contributed by atoms with Crippen LogP contribution in [0.3, 0.4) is 0 Å². The van der Waals surface area contributed by atoms with Crippen LogP contribution in [-0.4, -0.2) is 24.8 Å². The van der Waals surface area contributed by atoms with Gasteiger partial charge in [-0.1, -0.05) is 0 Å². The van der Waals surface area contributed by atoms with Crippen molar-refractivity contribution in [3.63, 3.8) is 0 Å². The Morgan fingerprint density at radius 1 is 1.41 bits per heavy atom. The molecule has 0 heterocycles. The monoisotopic (exact) mass is 236 g/mol. The standard InChI is InChI=1S/C13H16O4/c1-4-17-12-8-10(5-6-13(14)15)9(2)7-11(12)16-3/h5-8H,4H2,1-3H3,(H,14,15)/b6-5+. The molecule has 1 N–H and O–H groups in total. The Bertz CT molecular complexity index is 435. The predicted octanol–water partition coefficient (Wildman–Crippen LogP) is 2.50. The molecule has 0 aromatic heterocycles. The molecule has 0 saturated heterocycles. The van der Waals surface area contributed by atoms with Gasteiger partial charge in [0, 0.05) is 6.08 Å². The first kappa shape index (κ1) is 13.1. The smallest absolute Gasteiger partial charge is 0.328 e. The molecule has 0 aliphatic heterocycles. The minimum Gasteiger partial charge on any atom is -0.493 e. The molecule has 4 heteroatoms. The molecule has 0 unspecified atom stereocenters. The lowest BCUT2D eigenvalue weighted by Gasteiger charge is -2.11. The highest BCUT2D eigenvalue weighted by Crippen LogP contribution is 2.31. The largest absolute Gasteiger partial charge is 0.493 e. The molecule has 0 saturated carbocycles. The Hall–Kier alpha value is -1.97. The van der Waals surface area contributed by atoms with Gasteiger partial charge in [-0.25, -0.2) is 4.79 Å². The SMILES string of the molecule is CCOc1cc(/C=C/C(=O)O)c(C)cc1OC. The number of benzene rings is 1. The molecule has 0 spiro atoms. The fourth-order valence-corrected chi connectivity index (χ4v) is 1.45. The molecule has 17 heavy (non-hydrogen) atoms. The molecular weight excluding hydrogens is 220 g/mol. The Morgan fingerprint density at radius 2 is 2.12 bits per heavy atom. The quantitative estimate of drug-likeness (QED) is 0.798. The zero-order chi connectivity index (χ0) is 12.8. The summed E-state index contributed by atoms with van der Waals surface area (Å²) < 4.78 is 10.6. The number of rotatable bonds is 5. The van der Waals surface area contributed by atoms with Crippen LogP contribution in [0, 0.1) is 6.92 Å². The molecule has 1 aromatic rings. The summed E-state index contributed by atoms with van der Waals surface area (Å²) in [7, 11) is 1.57. The van der Waals surface area contributed by atoms with Gasteiger partial charge in [0.15, 0.2) is 11.5 Å². The minimum atomic E-state index is -0.974. The predicted molar refractivity (Wildman–Crippen MR) is 65.6 cm³/mol. The van der Waals surface area contributed by atoms with Crippen molar-refractivity contribution in [2.24, 2.45) is 0 Å². The number of hydrogen-bond acceptors (Lipinski definition) is 3. The van der Waals surface area contributed by atoms with Gasteiger partial charge in [0.2, 0.25) is 0 Å². The molecule has 0 amide bonds. The van der Waals surface area contributed by atoms with Crippen LogP contribution in [0.5, 0.6) is 11.5 Å². The van der Waals surface area contributed by atoms with Crippen molar-refractivity contribution in [2.45, 2.75) is 13.8 Å². The summed E-state index contributed by atoms with van der Waals surface area (Å²) in [6.45, 7) is 4.30. The van der Waals surface area contributed by atoms with E-state index >= 15 is 0 Å². The summed E-state index contributed by atoms with van der Waals surface area (Å²) in [5.74, 6) is 0.292. The summed E-state index contributed by atoms with van der Waals surface area (Å²) >= 11 is 0. The second-order valence-corrected chi connectivity index (χ2v) is 3.46. The van der Waals surface area contributed by atoms with Crippen molar-refractivity contribution in [3.8, 4) is 11.5 Å². The molecule has 92 valence electrons. The van der Waals surface area contributed by atoms with Gasteiger partial charge in [0.05, 0.1) is 13.7 Å². The molecule has 0 fully saturated rings. The first-order valence-corrected chi connectivity index (χ1v) is 5.31. The Kier molecular flexibility index (Phi) is 4.57. The van der Waals surface area contributed by atoms with Gasteiger partial charge in [0.1, 0.15) is 0 Å². The average molecular weight is 236 g/mol. The molecule has 0 radical (unpaired) electrons. The normalized spacial score (nSPS) is 10.5. The van der Waals surface area contributed by atoms with Gasteiger partial charge in [-0.05, 0) is 43.2 Å². The first-order chi connectivity index (χ1) is 8.08. The maximum Gasteiger partial charge on any atom is 0.328 e. The van der Waals surface area contributed by atoms with Crippen molar-refractivity contribution in [3.05, 3.63) is 29.3 Å². The van der Waals surface area contributed by atoms with Gasteiger partial charge in [-0.3, -0.25) is 0 Å². The first-order valence-electron chi connectivity index (χ1n) is 5.31. The molecule has 0 atom stereocenters. The highest BCUT2D eigenvalue weighted by atomic mass is 16.5. The number of hydrogen-bond donors (Lipinski definition) is 1. The lowest BCUT2D eigenvalue weighted by molar-refractivity contribution is -0.131. The number of ether oxygens (including phenoxy) is 2. The second-order valence-electron chi connectivity index (χ2n) is 3.46. The van der Waals surface area contributed by atoms with Crippen molar-refractivity contribution in [2.75, 3.05) is 13.7 Å². The van der Waals surface area contributed by atoms with E-state index in [1.165, 1.54) is 0 Å². The lowest BCUT2D eigenvalue weighted by Crippen LogP contribution is -1.97. The Balaban J connectivity index is 3.14. The van der Waals surface area contributed by atoms with Crippen LogP contribution in [-0.2, 0) is 4.79 Å². The fourth-order valence-electron chi connectivity index (χ4n) is 1.45. The highest BCUT2D eigenvalue weighted by Gasteiger charge is 2.07. The van der Waals surface area contributed by atoms with E-state index in [1.807, 2.05) is 19.9 Å². The van der Waals surface area contributed by atoms with E-state index in [2.05, 4.69) is 0 Å². The summed E-state index contributed by atoms with van der Waals surface area (Å²) in [6, 6.07) is 3.60. The van der Waals surface area contributed by atoms with E-state index in [-0.39, 0.29) is 0 Å². The van der Waals surface area contributed by atoms with Gasteiger partial charge >= 0.3 is 5.97 Å². The second kappa shape index (κ2) is 5.94. The number of carboxylic acid groups (broad SMARTS) is 1. The molecular formula is C13H16O4. The third-order valence-corrected chi connectivity index (χ3v) is 2.26. The molecule has 4 nitrogen and oxygen atoms in total.